The number of nitrogens with one attached hydrogen (secondary N) is 3. The average molecular weight is 348 g/mol. The predicted octanol–water partition coefficient (Wildman–Crippen LogP) is 2.57. The molecule has 0 unspecified atom stereocenters. The van der Waals surface area contributed by atoms with Crippen LogP contribution in [0.2, 0.25) is 0 Å². The van der Waals surface area contributed by atoms with Gasteiger partial charge in [-0.3, -0.25) is 0 Å². The Labute approximate surface area is 149 Å². The number of nitrogens with zero attached hydrogens (tertiary/aromatic N) is 1. The van der Waals surface area contributed by atoms with Crippen LogP contribution in [-0.4, -0.2) is 49.2 Å². The van der Waals surface area contributed by atoms with Gasteiger partial charge in [0.15, 0.2) is 0 Å². The Morgan fingerprint density at radius 3 is 2.72 bits per heavy atom. The third-order valence-corrected chi connectivity index (χ3v) is 4.38. The number of amides is 4. The molecule has 3 N–H and O–H groups in total. The van der Waals surface area contributed by atoms with Crippen molar-refractivity contribution in [1.82, 2.24) is 15.5 Å². The highest BCUT2D eigenvalue weighted by Gasteiger charge is 2.18. The van der Waals surface area contributed by atoms with E-state index >= 15 is 0 Å². The van der Waals surface area contributed by atoms with Crippen molar-refractivity contribution in [1.29, 1.82) is 0 Å². The Balaban J connectivity index is 1.83. The van der Waals surface area contributed by atoms with Gasteiger partial charge in [-0.05, 0) is 43.5 Å². The lowest BCUT2D eigenvalue weighted by atomic mass is 10.1. The summed E-state index contributed by atoms with van der Waals surface area (Å²) in [5.41, 5.74) is 1.67. The second kappa shape index (κ2) is 8.60. The number of hydrogen-bond acceptors (Lipinski definition) is 3. The molecule has 0 bridgehead atoms. The largest absolute Gasteiger partial charge is 0.492 e. The maximum Gasteiger partial charge on any atom is 0.319 e. The molecule has 7 nitrogen and oxygen atoms in total. The normalized spacial score (nSPS) is 15.1. The van der Waals surface area contributed by atoms with Crippen molar-refractivity contribution in [3.8, 4) is 5.75 Å². The van der Waals surface area contributed by atoms with Crippen LogP contribution in [-0.2, 0) is 0 Å². The Hall–Kier alpha value is -2.44. The van der Waals surface area contributed by atoms with E-state index in [0.29, 0.717) is 32.2 Å². The first-order chi connectivity index (χ1) is 11.9. The minimum Gasteiger partial charge on any atom is -0.492 e. The molecule has 1 atom stereocenters. The van der Waals surface area contributed by atoms with Crippen molar-refractivity contribution in [2.24, 2.45) is 5.92 Å². The van der Waals surface area contributed by atoms with Crippen molar-refractivity contribution in [2.75, 3.05) is 31.6 Å². The summed E-state index contributed by atoms with van der Waals surface area (Å²) in [6.45, 7) is 10.4. The topological polar surface area (TPSA) is 82.7 Å². The predicted molar refractivity (Wildman–Crippen MR) is 98.1 cm³/mol. The van der Waals surface area contributed by atoms with Crippen LogP contribution in [0.15, 0.2) is 18.2 Å². The second-order valence-corrected chi connectivity index (χ2v) is 6.68. The number of benzene rings is 1. The van der Waals surface area contributed by atoms with Crippen LogP contribution in [0.3, 0.4) is 0 Å². The van der Waals surface area contributed by atoms with Crippen molar-refractivity contribution in [3.05, 3.63) is 23.8 Å². The van der Waals surface area contributed by atoms with E-state index < -0.39 is 0 Å². The molecule has 25 heavy (non-hydrogen) atoms. The monoisotopic (exact) mass is 348 g/mol. The summed E-state index contributed by atoms with van der Waals surface area (Å²) in [5.74, 6) is 1.10. The number of ether oxygens (including phenoxy) is 1. The lowest BCUT2D eigenvalue weighted by Gasteiger charge is -2.19. The third kappa shape index (κ3) is 5.55. The van der Waals surface area contributed by atoms with E-state index in [-0.39, 0.29) is 18.1 Å². The highest BCUT2D eigenvalue weighted by molar-refractivity contribution is 5.90. The third-order valence-electron chi connectivity index (χ3n) is 4.38. The van der Waals surface area contributed by atoms with Gasteiger partial charge in [-0.1, -0.05) is 13.8 Å². The fourth-order valence-electron chi connectivity index (χ4n) is 2.40. The van der Waals surface area contributed by atoms with Gasteiger partial charge in [0.05, 0.1) is 6.54 Å². The van der Waals surface area contributed by atoms with Gasteiger partial charge in [0, 0.05) is 24.8 Å². The molecule has 1 saturated heterocycles. The zero-order valence-electron chi connectivity index (χ0n) is 15.4. The maximum absolute atomic E-state index is 12.0. The molecule has 1 fully saturated rings. The fraction of sp³-hybridized carbons (Fsp3) is 0.556. The van der Waals surface area contributed by atoms with Crippen molar-refractivity contribution >= 4 is 17.7 Å². The van der Waals surface area contributed by atoms with Gasteiger partial charge in [-0.25, -0.2) is 9.59 Å². The molecular weight excluding hydrogens is 320 g/mol. The SMILES string of the molecule is Cc1cc(OCCN2CCNC2=O)ccc1NC(=O)N[C@@H](C)C(C)C. The van der Waals surface area contributed by atoms with Gasteiger partial charge in [0.1, 0.15) is 12.4 Å². The summed E-state index contributed by atoms with van der Waals surface area (Å²) < 4.78 is 5.70. The lowest BCUT2D eigenvalue weighted by Crippen LogP contribution is -2.39. The van der Waals surface area contributed by atoms with Crippen molar-refractivity contribution in [3.63, 3.8) is 0 Å². The van der Waals surface area contributed by atoms with Gasteiger partial charge in [0.2, 0.25) is 0 Å². The summed E-state index contributed by atoms with van der Waals surface area (Å²) in [5, 5.41) is 8.54. The number of carbonyl (C=O) groups is 2. The van der Waals surface area contributed by atoms with Gasteiger partial charge in [-0.15, -0.1) is 0 Å². The summed E-state index contributed by atoms with van der Waals surface area (Å²) in [7, 11) is 0. The standard InChI is InChI=1S/C18H28N4O3/c1-12(2)14(4)20-17(23)21-16-6-5-15(11-13(16)3)25-10-9-22-8-7-19-18(22)24/h5-6,11-12,14H,7-10H2,1-4H3,(H,19,24)(H2,20,21,23)/t14-/m0/s1. The number of rotatable bonds is 7. The Bertz CT molecular complexity index is 618. The van der Waals surface area contributed by atoms with Gasteiger partial charge in [0.25, 0.3) is 0 Å². The van der Waals surface area contributed by atoms with E-state index in [9.17, 15) is 9.59 Å². The molecule has 1 heterocycles. The minimum absolute atomic E-state index is 0.0408. The van der Waals surface area contributed by atoms with Crippen LogP contribution in [0.25, 0.3) is 0 Å². The lowest BCUT2D eigenvalue weighted by molar-refractivity contribution is 0.202. The highest BCUT2D eigenvalue weighted by Crippen LogP contribution is 2.21. The molecule has 1 aromatic carbocycles. The Morgan fingerprint density at radius 2 is 2.12 bits per heavy atom. The molecule has 0 aromatic heterocycles. The molecular formula is C18H28N4O3. The number of aryl methyl sites for hydroxylation is 1. The first-order valence-electron chi connectivity index (χ1n) is 8.70. The summed E-state index contributed by atoms with van der Waals surface area (Å²) in [6, 6.07) is 5.38. The molecule has 138 valence electrons. The molecule has 0 spiro atoms. The zero-order chi connectivity index (χ0) is 18.4. The van der Waals surface area contributed by atoms with Crippen LogP contribution in [0.1, 0.15) is 26.3 Å². The summed E-state index contributed by atoms with van der Waals surface area (Å²) in [6.07, 6.45) is 0. The summed E-state index contributed by atoms with van der Waals surface area (Å²) >= 11 is 0. The van der Waals surface area contributed by atoms with Crippen LogP contribution in [0, 0.1) is 12.8 Å². The van der Waals surface area contributed by atoms with Crippen LogP contribution < -0.4 is 20.7 Å². The Morgan fingerprint density at radius 1 is 1.36 bits per heavy atom. The number of hydrogen-bond donors (Lipinski definition) is 3. The fourth-order valence-corrected chi connectivity index (χ4v) is 2.40. The van der Waals surface area contributed by atoms with Crippen LogP contribution in [0.4, 0.5) is 15.3 Å². The molecule has 1 aliphatic heterocycles. The molecule has 0 aliphatic carbocycles. The molecule has 0 saturated carbocycles. The maximum atomic E-state index is 12.0. The molecule has 2 rings (SSSR count). The van der Waals surface area contributed by atoms with Crippen molar-refractivity contribution in [2.45, 2.75) is 33.7 Å². The first-order valence-corrected chi connectivity index (χ1v) is 8.70. The van der Waals surface area contributed by atoms with Gasteiger partial charge >= 0.3 is 12.1 Å². The smallest absolute Gasteiger partial charge is 0.319 e. The van der Waals surface area contributed by atoms with E-state index in [1.807, 2.05) is 32.0 Å². The minimum atomic E-state index is -0.210. The molecule has 7 heteroatoms. The van der Waals surface area contributed by atoms with E-state index in [1.54, 1.807) is 4.90 Å². The number of carbonyl (C=O) groups excluding carboxylic acids is 2. The second-order valence-electron chi connectivity index (χ2n) is 6.68. The average Bonchev–Trinajstić information content (AvgIpc) is 2.95. The van der Waals surface area contributed by atoms with E-state index in [1.165, 1.54) is 0 Å². The van der Waals surface area contributed by atoms with Gasteiger partial charge in [-0.2, -0.15) is 0 Å². The van der Waals surface area contributed by atoms with E-state index in [0.717, 1.165) is 17.0 Å². The van der Waals surface area contributed by atoms with Crippen molar-refractivity contribution < 1.29 is 14.3 Å². The van der Waals surface area contributed by atoms with Gasteiger partial charge < -0.3 is 25.6 Å². The van der Waals surface area contributed by atoms with E-state index in [2.05, 4.69) is 29.8 Å². The summed E-state index contributed by atoms with van der Waals surface area (Å²) in [4.78, 5) is 25.2. The molecule has 0 radical (unpaired) electrons. The molecule has 1 aliphatic rings. The molecule has 1 aromatic rings. The first kappa shape index (κ1) is 18.9. The van der Waals surface area contributed by atoms with Crippen LogP contribution >= 0.6 is 0 Å². The molecule has 4 amide bonds. The van der Waals surface area contributed by atoms with Crippen LogP contribution in [0.5, 0.6) is 5.75 Å². The number of urea groups is 2. The quantitative estimate of drug-likeness (QED) is 0.708. The zero-order valence-corrected chi connectivity index (χ0v) is 15.4. The highest BCUT2D eigenvalue weighted by atomic mass is 16.5. The number of anilines is 1. The van der Waals surface area contributed by atoms with E-state index in [4.69, 9.17) is 4.74 Å². The Kier molecular flexibility index (Phi) is 6.50.